The van der Waals surface area contributed by atoms with Crippen LogP contribution in [0.4, 0.5) is 0 Å². The molecule has 0 bridgehead atoms. The number of aryl methyl sites for hydroxylation is 1. The zero-order valence-corrected chi connectivity index (χ0v) is 20.7. The van der Waals surface area contributed by atoms with Gasteiger partial charge in [-0.15, -0.1) is 0 Å². The summed E-state index contributed by atoms with van der Waals surface area (Å²) in [5.74, 6) is 0.806. The second-order valence-corrected chi connectivity index (χ2v) is 16.1. The zero-order valence-electron chi connectivity index (χ0n) is 18.9. The van der Waals surface area contributed by atoms with E-state index in [2.05, 4.69) is 33.9 Å². The average molecular weight is 435 g/mol. The Balaban J connectivity index is 2.27. The van der Waals surface area contributed by atoms with Gasteiger partial charge >= 0.3 is 0 Å². The molecular weight excluding hydrogens is 400 g/mol. The Morgan fingerprint density at radius 1 is 0.897 bits per heavy atom. The Labute approximate surface area is 177 Å². The van der Waals surface area contributed by atoms with E-state index in [1.807, 2.05) is 45.0 Å². The molecule has 0 aliphatic heterocycles. The molecule has 0 spiro atoms. The van der Waals surface area contributed by atoms with Crippen LogP contribution in [-0.2, 0) is 19.7 Å². The second-order valence-electron chi connectivity index (χ2n) is 9.77. The lowest BCUT2D eigenvalue weighted by molar-refractivity contribution is 0.243. The predicted molar refractivity (Wildman–Crippen MR) is 122 cm³/mol. The standard InChI is InChI=1S/C23H34O4SSi/c1-18-13-15-19(16-14-18)28(24,25)26-17-23(5,6)20-11-9-10-12-21(20)27-29(7,8)22(2,3)4/h9-16H,17H2,1-8H3. The van der Waals surface area contributed by atoms with Crippen LogP contribution in [0.5, 0.6) is 5.75 Å². The minimum absolute atomic E-state index is 0.0289. The van der Waals surface area contributed by atoms with Crippen LogP contribution in [0, 0.1) is 6.92 Å². The Morgan fingerprint density at radius 3 is 2.00 bits per heavy atom. The third kappa shape index (κ3) is 5.71. The predicted octanol–water partition coefficient (Wildman–Crippen LogP) is 6.06. The highest BCUT2D eigenvalue weighted by atomic mass is 32.2. The van der Waals surface area contributed by atoms with E-state index in [9.17, 15) is 8.42 Å². The summed E-state index contributed by atoms with van der Waals surface area (Å²) in [4.78, 5) is 0.171. The molecular formula is C23H34O4SSi. The maximum atomic E-state index is 12.6. The topological polar surface area (TPSA) is 52.6 Å². The van der Waals surface area contributed by atoms with Crippen molar-refractivity contribution in [3.8, 4) is 5.75 Å². The maximum Gasteiger partial charge on any atom is 0.297 e. The van der Waals surface area contributed by atoms with Crippen LogP contribution in [0.3, 0.4) is 0 Å². The summed E-state index contributed by atoms with van der Waals surface area (Å²) in [7, 11) is -5.85. The minimum atomic E-state index is -3.82. The normalized spacial score (nSPS) is 13.4. The molecule has 0 aromatic heterocycles. The van der Waals surface area contributed by atoms with E-state index < -0.39 is 23.9 Å². The lowest BCUT2D eigenvalue weighted by Gasteiger charge is -2.38. The van der Waals surface area contributed by atoms with E-state index in [0.29, 0.717) is 0 Å². The smallest absolute Gasteiger partial charge is 0.297 e. The van der Waals surface area contributed by atoms with Crippen molar-refractivity contribution in [1.29, 1.82) is 0 Å². The van der Waals surface area contributed by atoms with Crippen LogP contribution in [0.1, 0.15) is 45.7 Å². The van der Waals surface area contributed by atoms with Gasteiger partial charge in [-0.2, -0.15) is 8.42 Å². The molecule has 0 amide bonds. The number of para-hydroxylation sites is 1. The number of rotatable bonds is 7. The van der Waals surface area contributed by atoms with Crippen LogP contribution >= 0.6 is 0 Å². The summed E-state index contributed by atoms with van der Waals surface area (Å²) >= 11 is 0. The van der Waals surface area contributed by atoms with Gasteiger partial charge < -0.3 is 4.43 Å². The van der Waals surface area contributed by atoms with Gasteiger partial charge in [0.05, 0.1) is 11.5 Å². The lowest BCUT2D eigenvalue weighted by atomic mass is 9.85. The summed E-state index contributed by atoms with van der Waals surface area (Å²) in [6, 6.07) is 14.5. The Kier molecular flexibility index (Phi) is 6.72. The van der Waals surface area contributed by atoms with Crippen LogP contribution in [0.15, 0.2) is 53.4 Å². The first kappa shape index (κ1) is 23.6. The molecule has 29 heavy (non-hydrogen) atoms. The molecule has 0 saturated carbocycles. The van der Waals surface area contributed by atoms with Crippen molar-refractivity contribution in [2.24, 2.45) is 0 Å². The van der Waals surface area contributed by atoms with Gasteiger partial charge in [-0.1, -0.05) is 70.5 Å². The average Bonchev–Trinajstić information content (AvgIpc) is 2.60. The molecule has 4 nitrogen and oxygen atoms in total. The zero-order chi connectivity index (χ0) is 22.1. The largest absolute Gasteiger partial charge is 0.543 e. The summed E-state index contributed by atoms with van der Waals surface area (Å²) in [5.41, 5.74) is 1.40. The quantitative estimate of drug-likeness (QED) is 0.392. The van der Waals surface area contributed by atoms with Gasteiger partial charge in [0, 0.05) is 11.0 Å². The van der Waals surface area contributed by atoms with Crippen molar-refractivity contribution in [3.63, 3.8) is 0 Å². The molecule has 2 aromatic rings. The molecule has 0 atom stereocenters. The van der Waals surface area contributed by atoms with Crippen molar-refractivity contribution in [3.05, 3.63) is 59.7 Å². The first-order valence-corrected chi connectivity index (χ1v) is 14.2. The van der Waals surface area contributed by atoms with Gasteiger partial charge in [0.1, 0.15) is 5.75 Å². The van der Waals surface area contributed by atoms with Gasteiger partial charge in [0.2, 0.25) is 8.32 Å². The summed E-state index contributed by atoms with van der Waals surface area (Å²) in [6.07, 6.45) is 0. The van der Waals surface area contributed by atoms with Gasteiger partial charge in [0.15, 0.2) is 0 Å². The Hall–Kier alpha value is -1.63. The van der Waals surface area contributed by atoms with Crippen LogP contribution in [0.25, 0.3) is 0 Å². The first-order valence-electron chi connectivity index (χ1n) is 9.90. The third-order valence-corrected chi connectivity index (χ3v) is 11.3. The highest BCUT2D eigenvalue weighted by Crippen LogP contribution is 2.40. The van der Waals surface area contributed by atoms with Gasteiger partial charge in [0.25, 0.3) is 10.1 Å². The van der Waals surface area contributed by atoms with Crippen LogP contribution < -0.4 is 4.43 Å². The third-order valence-electron chi connectivity index (χ3n) is 5.67. The summed E-state index contributed by atoms with van der Waals surface area (Å²) in [5, 5.41) is 0.0650. The van der Waals surface area contributed by atoms with Crippen molar-refractivity contribution in [2.45, 2.75) is 70.0 Å². The summed E-state index contributed by atoms with van der Waals surface area (Å²) in [6.45, 7) is 16.9. The fraction of sp³-hybridized carbons (Fsp3) is 0.478. The SMILES string of the molecule is Cc1ccc(S(=O)(=O)OCC(C)(C)c2ccccc2O[Si](C)(C)C(C)(C)C)cc1. The van der Waals surface area contributed by atoms with Crippen molar-refractivity contribution in [2.75, 3.05) is 6.61 Å². The van der Waals surface area contributed by atoms with Crippen LogP contribution in [-0.4, -0.2) is 23.3 Å². The highest BCUT2D eigenvalue weighted by Gasteiger charge is 2.40. The molecule has 0 N–H and O–H groups in total. The minimum Gasteiger partial charge on any atom is -0.543 e. The first-order chi connectivity index (χ1) is 13.2. The molecule has 0 aliphatic rings. The highest BCUT2D eigenvalue weighted by molar-refractivity contribution is 7.86. The van der Waals surface area contributed by atoms with Crippen molar-refractivity contribution in [1.82, 2.24) is 0 Å². The molecule has 0 fully saturated rings. The molecule has 160 valence electrons. The van der Waals surface area contributed by atoms with E-state index in [4.69, 9.17) is 8.61 Å². The molecule has 0 aliphatic carbocycles. The number of hydrogen-bond donors (Lipinski definition) is 0. The molecule has 2 aromatic carbocycles. The molecule has 0 unspecified atom stereocenters. The Bertz CT molecular complexity index is 940. The van der Waals surface area contributed by atoms with Gasteiger partial charge in [-0.25, -0.2) is 0 Å². The van der Waals surface area contributed by atoms with Crippen molar-refractivity contribution >= 4 is 18.4 Å². The monoisotopic (exact) mass is 434 g/mol. The van der Waals surface area contributed by atoms with Crippen LogP contribution in [0.2, 0.25) is 18.1 Å². The molecule has 2 rings (SSSR count). The second kappa shape index (κ2) is 8.24. The van der Waals surface area contributed by atoms with Crippen molar-refractivity contribution < 1.29 is 17.0 Å². The molecule has 0 radical (unpaired) electrons. The van der Waals surface area contributed by atoms with E-state index in [1.54, 1.807) is 24.3 Å². The molecule has 6 heteroatoms. The van der Waals surface area contributed by atoms with E-state index in [0.717, 1.165) is 16.9 Å². The van der Waals surface area contributed by atoms with E-state index in [-0.39, 0.29) is 16.5 Å². The number of benzene rings is 2. The van der Waals surface area contributed by atoms with Gasteiger partial charge in [-0.3, -0.25) is 4.18 Å². The van der Waals surface area contributed by atoms with Gasteiger partial charge in [-0.05, 0) is 43.3 Å². The van der Waals surface area contributed by atoms with E-state index in [1.165, 1.54) is 0 Å². The maximum absolute atomic E-state index is 12.6. The molecule has 0 saturated heterocycles. The fourth-order valence-corrected chi connectivity index (χ4v) is 4.71. The molecule has 0 heterocycles. The fourth-order valence-electron chi connectivity index (χ4n) is 2.62. The summed E-state index contributed by atoms with van der Waals surface area (Å²) < 4.78 is 37.2. The lowest BCUT2D eigenvalue weighted by Crippen LogP contribution is -2.44. The number of hydrogen-bond acceptors (Lipinski definition) is 4. The van der Waals surface area contributed by atoms with E-state index >= 15 is 0 Å². The Morgan fingerprint density at radius 2 is 1.45 bits per heavy atom.